The number of ether oxygens (including phenoxy) is 2. The van der Waals surface area contributed by atoms with E-state index in [9.17, 15) is 19.7 Å². The van der Waals surface area contributed by atoms with Crippen molar-refractivity contribution in [1.29, 1.82) is 0 Å². The number of benzene rings is 2. The average molecular weight is 490 g/mol. The fourth-order valence-corrected chi connectivity index (χ4v) is 7.13. The van der Waals surface area contributed by atoms with Gasteiger partial charge in [-0.25, -0.2) is 0 Å². The number of Topliss-reactive ketones (excluding diaryl/α,β-unsaturated/α-hetero) is 1. The molecule has 1 saturated heterocycles. The molecular weight excluding hydrogens is 462 g/mol. The van der Waals surface area contributed by atoms with Crippen LogP contribution in [0.2, 0.25) is 0 Å². The summed E-state index contributed by atoms with van der Waals surface area (Å²) in [4.78, 5) is 39.4. The third-order valence-electron chi connectivity index (χ3n) is 8.66. The van der Waals surface area contributed by atoms with Crippen LogP contribution in [-0.2, 0) is 21.4 Å². The van der Waals surface area contributed by atoms with Gasteiger partial charge in [-0.15, -0.1) is 0 Å². The summed E-state index contributed by atoms with van der Waals surface area (Å²) in [6, 6.07) is 10.0. The molecule has 186 valence electrons. The zero-order chi connectivity index (χ0) is 25.2. The number of likely N-dealkylation sites (N-methyl/N-ethyl adjacent to an activating group) is 1. The molecule has 1 N–H and O–H groups in total. The van der Waals surface area contributed by atoms with Gasteiger partial charge in [0, 0.05) is 36.2 Å². The van der Waals surface area contributed by atoms with Crippen LogP contribution >= 0.6 is 0 Å². The summed E-state index contributed by atoms with van der Waals surface area (Å²) in [5, 5.41) is 14.3. The number of likely N-dealkylation sites (tertiary alicyclic amines) is 1. The number of nitrogens with one attached hydrogen (secondary N) is 1. The molecule has 2 aliphatic heterocycles. The SMILES string of the molecule is COc1ccc2c3c1O[C@H]1C(=O)CC[C@@]4(NC(=O)/C=C/c5ccc([N+](=O)[O-])cc5)[C@@H](C2)N(C)CC[C@]314. The van der Waals surface area contributed by atoms with Gasteiger partial charge in [-0.2, -0.15) is 0 Å². The molecule has 2 aromatic carbocycles. The standard InChI is InChI=1S/C27H27N3O6/c1-29-14-13-26-23-17-6-9-20(35-2)24(23)36-25(26)19(31)11-12-27(26,21(29)15-17)28-22(32)10-5-16-3-7-18(8-4-16)30(33)34/h3-10,21,25H,11-15H2,1-2H3,(H,28,32)/b10-5+/t21-,25+,26+,27-/m1/s1. The molecule has 0 unspecified atom stereocenters. The molecule has 9 nitrogen and oxygen atoms in total. The Balaban J connectivity index is 1.41. The fraction of sp³-hybridized carbons (Fsp3) is 0.407. The first-order chi connectivity index (χ1) is 17.3. The highest BCUT2D eigenvalue weighted by Crippen LogP contribution is 2.64. The zero-order valence-corrected chi connectivity index (χ0v) is 20.2. The van der Waals surface area contributed by atoms with Crippen molar-refractivity contribution in [2.75, 3.05) is 20.7 Å². The summed E-state index contributed by atoms with van der Waals surface area (Å²) < 4.78 is 12.0. The van der Waals surface area contributed by atoms with Gasteiger partial charge >= 0.3 is 0 Å². The van der Waals surface area contributed by atoms with Gasteiger partial charge in [0.15, 0.2) is 23.4 Å². The van der Waals surface area contributed by atoms with Gasteiger partial charge in [0.05, 0.1) is 23.0 Å². The molecule has 0 aromatic heterocycles. The van der Waals surface area contributed by atoms with Gasteiger partial charge in [-0.1, -0.05) is 6.07 Å². The average Bonchev–Trinajstić information content (AvgIpc) is 3.23. The number of carbonyl (C=O) groups is 2. The lowest BCUT2D eigenvalue weighted by molar-refractivity contribution is -0.384. The number of carbonyl (C=O) groups excluding carboxylic acids is 2. The Bertz CT molecular complexity index is 1320. The molecule has 2 fully saturated rings. The van der Waals surface area contributed by atoms with Crippen molar-refractivity contribution in [1.82, 2.24) is 10.2 Å². The number of hydrogen-bond donors (Lipinski definition) is 1. The Kier molecular flexibility index (Phi) is 4.98. The summed E-state index contributed by atoms with van der Waals surface area (Å²) in [6.45, 7) is 0.796. The van der Waals surface area contributed by atoms with Gasteiger partial charge in [-0.3, -0.25) is 19.7 Å². The minimum atomic E-state index is -0.680. The van der Waals surface area contributed by atoms with Crippen LogP contribution in [0.15, 0.2) is 42.5 Å². The van der Waals surface area contributed by atoms with Gasteiger partial charge in [0.25, 0.3) is 5.69 Å². The van der Waals surface area contributed by atoms with E-state index >= 15 is 0 Å². The van der Waals surface area contributed by atoms with Crippen molar-refractivity contribution < 1.29 is 24.0 Å². The molecule has 6 rings (SSSR count). The van der Waals surface area contributed by atoms with Crippen LogP contribution < -0.4 is 14.8 Å². The molecule has 4 aliphatic rings. The first-order valence-electron chi connectivity index (χ1n) is 12.2. The van der Waals surface area contributed by atoms with E-state index in [1.54, 1.807) is 25.3 Å². The van der Waals surface area contributed by atoms with Gasteiger partial charge in [0.2, 0.25) is 5.91 Å². The first kappa shape index (κ1) is 22.7. The number of ketones is 1. The minimum absolute atomic E-state index is 0.00305. The molecule has 1 spiro atoms. The second-order valence-electron chi connectivity index (χ2n) is 10.2. The normalized spacial score (nSPS) is 30.0. The van der Waals surface area contributed by atoms with Crippen molar-refractivity contribution in [2.24, 2.45) is 0 Å². The lowest BCUT2D eigenvalue weighted by Gasteiger charge is -2.64. The Hall–Kier alpha value is -3.72. The van der Waals surface area contributed by atoms with Gasteiger partial charge in [0.1, 0.15) is 0 Å². The second-order valence-corrected chi connectivity index (χ2v) is 10.2. The third-order valence-corrected chi connectivity index (χ3v) is 8.66. The van der Waals surface area contributed by atoms with Crippen molar-refractivity contribution in [2.45, 2.75) is 48.8 Å². The van der Waals surface area contributed by atoms with Crippen LogP contribution in [0.3, 0.4) is 0 Å². The largest absolute Gasteiger partial charge is 0.493 e. The summed E-state index contributed by atoms with van der Waals surface area (Å²) in [5.41, 5.74) is 1.51. The number of methoxy groups -OCH3 is 1. The van der Waals surface area contributed by atoms with Crippen LogP contribution in [-0.4, -0.2) is 59.9 Å². The van der Waals surface area contributed by atoms with E-state index < -0.39 is 22.0 Å². The van der Waals surface area contributed by atoms with E-state index in [4.69, 9.17) is 9.47 Å². The predicted octanol–water partition coefficient (Wildman–Crippen LogP) is 2.79. The molecule has 1 saturated carbocycles. The number of piperidine rings is 1. The minimum Gasteiger partial charge on any atom is -0.493 e. The molecule has 2 aromatic rings. The molecule has 2 heterocycles. The van der Waals surface area contributed by atoms with Crippen molar-refractivity contribution in [3.63, 3.8) is 0 Å². The summed E-state index contributed by atoms with van der Waals surface area (Å²) in [5.74, 6) is 1.05. The smallest absolute Gasteiger partial charge is 0.269 e. The molecule has 4 atom stereocenters. The highest BCUT2D eigenvalue weighted by Gasteiger charge is 2.73. The van der Waals surface area contributed by atoms with E-state index in [1.165, 1.54) is 18.2 Å². The molecule has 36 heavy (non-hydrogen) atoms. The van der Waals surface area contributed by atoms with Crippen LogP contribution in [0, 0.1) is 10.1 Å². The van der Waals surface area contributed by atoms with Gasteiger partial charge < -0.3 is 19.7 Å². The van der Waals surface area contributed by atoms with Crippen LogP contribution in [0.1, 0.15) is 36.0 Å². The molecule has 9 heteroatoms. The molecular formula is C27H27N3O6. The molecule has 1 amide bonds. The van der Waals surface area contributed by atoms with E-state index in [0.29, 0.717) is 36.3 Å². The predicted molar refractivity (Wildman–Crippen MR) is 131 cm³/mol. The number of nitro benzene ring substituents is 1. The number of rotatable bonds is 5. The highest BCUT2D eigenvalue weighted by atomic mass is 16.6. The van der Waals surface area contributed by atoms with Gasteiger partial charge in [-0.05, 0) is 68.3 Å². The first-order valence-corrected chi connectivity index (χ1v) is 12.2. The Labute approximate surface area is 208 Å². The molecule has 2 bridgehead atoms. The van der Waals surface area contributed by atoms with E-state index in [-0.39, 0.29) is 23.4 Å². The number of hydrogen-bond acceptors (Lipinski definition) is 7. The van der Waals surface area contributed by atoms with Crippen molar-refractivity contribution in [3.8, 4) is 11.5 Å². The third kappa shape index (κ3) is 2.92. The topological polar surface area (TPSA) is 111 Å². The van der Waals surface area contributed by atoms with E-state index in [2.05, 4.69) is 23.3 Å². The highest BCUT2D eigenvalue weighted by molar-refractivity contribution is 5.95. The second kappa shape index (κ2) is 7.89. The fourth-order valence-electron chi connectivity index (χ4n) is 7.13. The van der Waals surface area contributed by atoms with Crippen molar-refractivity contribution in [3.05, 3.63) is 69.3 Å². The number of non-ortho nitro benzene ring substituents is 1. The molecule has 2 aliphatic carbocycles. The monoisotopic (exact) mass is 489 g/mol. The van der Waals surface area contributed by atoms with Crippen LogP contribution in [0.5, 0.6) is 11.5 Å². The quantitative estimate of drug-likeness (QED) is 0.391. The zero-order valence-electron chi connectivity index (χ0n) is 20.2. The lowest BCUT2D eigenvalue weighted by Crippen LogP contribution is -2.81. The maximum absolute atomic E-state index is 13.4. The number of nitrogens with zero attached hydrogens (tertiary/aromatic N) is 2. The Morgan fingerprint density at radius 3 is 2.75 bits per heavy atom. The van der Waals surface area contributed by atoms with Crippen LogP contribution in [0.25, 0.3) is 6.08 Å². The number of nitro groups is 1. The Morgan fingerprint density at radius 1 is 1.25 bits per heavy atom. The van der Waals surface area contributed by atoms with Crippen LogP contribution in [0.4, 0.5) is 5.69 Å². The lowest BCUT2D eigenvalue weighted by atomic mass is 9.47. The summed E-state index contributed by atoms with van der Waals surface area (Å²) in [7, 11) is 3.68. The van der Waals surface area contributed by atoms with Crippen molar-refractivity contribution >= 4 is 23.5 Å². The summed E-state index contributed by atoms with van der Waals surface area (Å²) in [6.07, 6.45) is 4.74. The van der Waals surface area contributed by atoms with E-state index in [0.717, 1.165) is 24.1 Å². The number of amides is 1. The summed E-state index contributed by atoms with van der Waals surface area (Å²) >= 11 is 0. The van der Waals surface area contributed by atoms with E-state index in [1.807, 2.05) is 6.07 Å². The maximum atomic E-state index is 13.4. The maximum Gasteiger partial charge on any atom is 0.269 e. The Morgan fingerprint density at radius 2 is 2.03 bits per heavy atom. The molecule has 0 radical (unpaired) electrons.